The van der Waals surface area contributed by atoms with Crippen LogP contribution in [-0.4, -0.2) is 25.0 Å². The number of nitrogens with zero attached hydrogens (tertiary/aromatic N) is 2. The summed E-state index contributed by atoms with van der Waals surface area (Å²) < 4.78 is 5.06. The van der Waals surface area contributed by atoms with Gasteiger partial charge in [-0.3, -0.25) is 14.9 Å². The second-order valence-electron chi connectivity index (χ2n) is 4.37. The van der Waals surface area contributed by atoms with Crippen molar-refractivity contribution in [1.29, 1.82) is 0 Å². The van der Waals surface area contributed by atoms with E-state index in [1.165, 1.54) is 29.2 Å². The molecule has 0 heterocycles. The molecule has 0 unspecified atom stereocenters. The number of carbonyl (C=O) groups excluding carboxylic acids is 1. The lowest BCUT2D eigenvalue weighted by molar-refractivity contribution is -0.384. The summed E-state index contributed by atoms with van der Waals surface area (Å²) in [5, 5.41) is 10.6. The first-order valence-electron chi connectivity index (χ1n) is 6.19. The summed E-state index contributed by atoms with van der Waals surface area (Å²) >= 11 is 0. The van der Waals surface area contributed by atoms with Crippen molar-refractivity contribution in [1.82, 2.24) is 0 Å². The lowest BCUT2D eigenvalue weighted by atomic mass is 10.1. The number of amides is 1. The van der Waals surface area contributed by atoms with Gasteiger partial charge in [-0.25, -0.2) is 0 Å². The van der Waals surface area contributed by atoms with Crippen molar-refractivity contribution in [3.05, 3.63) is 64.2 Å². The van der Waals surface area contributed by atoms with Crippen molar-refractivity contribution in [3.8, 4) is 5.75 Å². The highest BCUT2D eigenvalue weighted by Crippen LogP contribution is 2.20. The number of hydrogen-bond donors (Lipinski definition) is 0. The molecule has 0 fully saturated rings. The lowest BCUT2D eigenvalue weighted by Gasteiger charge is -2.17. The van der Waals surface area contributed by atoms with E-state index in [4.69, 9.17) is 4.74 Å². The molecule has 0 N–H and O–H groups in total. The minimum Gasteiger partial charge on any atom is -0.497 e. The highest BCUT2D eigenvalue weighted by Gasteiger charge is 2.15. The van der Waals surface area contributed by atoms with Gasteiger partial charge in [-0.05, 0) is 36.4 Å². The van der Waals surface area contributed by atoms with E-state index in [-0.39, 0.29) is 11.6 Å². The number of nitro benzene ring substituents is 1. The van der Waals surface area contributed by atoms with Gasteiger partial charge in [-0.15, -0.1) is 0 Å². The summed E-state index contributed by atoms with van der Waals surface area (Å²) in [6.07, 6.45) is 0. The van der Waals surface area contributed by atoms with Crippen molar-refractivity contribution < 1.29 is 14.5 Å². The summed E-state index contributed by atoms with van der Waals surface area (Å²) in [5.74, 6) is 0.463. The van der Waals surface area contributed by atoms with Gasteiger partial charge < -0.3 is 9.64 Å². The normalized spacial score (nSPS) is 10.0. The number of benzene rings is 2. The molecule has 2 aromatic carbocycles. The Kier molecular flexibility index (Phi) is 4.18. The molecule has 2 rings (SSSR count). The Balaban J connectivity index is 2.19. The Hall–Kier alpha value is -2.89. The van der Waals surface area contributed by atoms with Crippen LogP contribution in [0.1, 0.15) is 10.4 Å². The van der Waals surface area contributed by atoms with Gasteiger partial charge in [0.15, 0.2) is 0 Å². The van der Waals surface area contributed by atoms with E-state index in [2.05, 4.69) is 0 Å². The van der Waals surface area contributed by atoms with E-state index in [9.17, 15) is 14.9 Å². The molecular weight excluding hydrogens is 272 g/mol. The maximum atomic E-state index is 12.3. The average Bonchev–Trinajstić information content (AvgIpc) is 2.53. The molecule has 0 spiro atoms. The third kappa shape index (κ3) is 3.17. The number of methoxy groups -OCH3 is 1. The van der Waals surface area contributed by atoms with Gasteiger partial charge in [0.2, 0.25) is 0 Å². The molecule has 1 amide bonds. The van der Waals surface area contributed by atoms with Crippen molar-refractivity contribution in [2.45, 2.75) is 0 Å². The van der Waals surface area contributed by atoms with Crippen molar-refractivity contribution in [3.63, 3.8) is 0 Å². The largest absolute Gasteiger partial charge is 0.497 e. The van der Waals surface area contributed by atoms with Crippen LogP contribution in [0.4, 0.5) is 11.4 Å². The Labute approximate surface area is 121 Å². The van der Waals surface area contributed by atoms with Crippen LogP contribution in [-0.2, 0) is 0 Å². The second kappa shape index (κ2) is 6.04. The maximum Gasteiger partial charge on any atom is 0.269 e. The molecule has 0 bridgehead atoms. The van der Waals surface area contributed by atoms with E-state index in [1.807, 2.05) is 0 Å². The van der Waals surface area contributed by atoms with E-state index in [1.54, 1.807) is 38.4 Å². The molecule has 0 aliphatic heterocycles. The van der Waals surface area contributed by atoms with Crippen LogP contribution < -0.4 is 9.64 Å². The predicted molar refractivity (Wildman–Crippen MR) is 78.8 cm³/mol. The molecule has 0 aromatic heterocycles. The molecule has 2 aromatic rings. The molecule has 0 radical (unpaired) electrons. The number of non-ortho nitro benzene ring substituents is 1. The third-order valence-electron chi connectivity index (χ3n) is 3.09. The lowest BCUT2D eigenvalue weighted by Crippen LogP contribution is -2.26. The molecule has 0 saturated carbocycles. The number of anilines is 1. The summed E-state index contributed by atoms with van der Waals surface area (Å²) in [4.78, 5) is 23.9. The SMILES string of the molecule is COc1ccc(N(C)C(=O)c2ccc([N+](=O)[O-])cc2)cc1. The second-order valence-corrected chi connectivity index (χ2v) is 4.37. The topological polar surface area (TPSA) is 72.7 Å². The van der Waals surface area contributed by atoms with Crippen LogP contribution in [0.3, 0.4) is 0 Å². The van der Waals surface area contributed by atoms with E-state index >= 15 is 0 Å². The zero-order valence-electron chi connectivity index (χ0n) is 11.6. The van der Waals surface area contributed by atoms with Crippen molar-refractivity contribution in [2.24, 2.45) is 0 Å². The van der Waals surface area contributed by atoms with Crippen molar-refractivity contribution in [2.75, 3.05) is 19.1 Å². The monoisotopic (exact) mass is 286 g/mol. The van der Waals surface area contributed by atoms with Gasteiger partial charge in [0.05, 0.1) is 12.0 Å². The first kappa shape index (κ1) is 14.5. The van der Waals surface area contributed by atoms with Gasteiger partial charge in [0, 0.05) is 30.4 Å². The zero-order valence-corrected chi connectivity index (χ0v) is 11.6. The van der Waals surface area contributed by atoms with E-state index < -0.39 is 4.92 Å². The molecular formula is C15H14N2O4. The summed E-state index contributed by atoms with van der Waals surface area (Å²) in [5.41, 5.74) is 1.05. The van der Waals surface area contributed by atoms with Crippen LogP contribution in [0.2, 0.25) is 0 Å². The Bertz CT molecular complexity index is 650. The molecule has 6 heteroatoms. The number of carbonyl (C=O) groups is 1. The molecule has 0 atom stereocenters. The molecule has 0 aliphatic rings. The van der Waals surface area contributed by atoms with Crippen LogP contribution in [0.15, 0.2) is 48.5 Å². The molecule has 0 saturated heterocycles. The Morgan fingerprint density at radius 2 is 1.67 bits per heavy atom. The van der Waals surface area contributed by atoms with Gasteiger partial charge in [0.1, 0.15) is 5.75 Å². The molecule has 21 heavy (non-hydrogen) atoms. The summed E-state index contributed by atoms with van der Waals surface area (Å²) in [6.45, 7) is 0. The number of hydrogen-bond acceptors (Lipinski definition) is 4. The highest BCUT2D eigenvalue weighted by atomic mass is 16.6. The van der Waals surface area contributed by atoms with Crippen molar-refractivity contribution >= 4 is 17.3 Å². The van der Waals surface area contributed by atoms with Gasteiger partial charge >= 0.3 is 0 Å². The molecule has 6 nitrogen and oxygen atoms in total. The zero-order chi connectivity index (χ0) is 15.4. The fraction of sp³-hybridized carbons (Fsp3) is 0.133. The molecule has 108 valence electrons. The number of rotatable bonds is 4. The Morgan fingerprint density at radius 1 is 1.10 bits per heavy atom. The standard InChI is InChI=1S/C15H14N2O4/c1-16(12-7-9-14(21-2)10-8-12)15(18)11-3-5-13(6-4-11)17(19)20/h3-10H,1-2H3. The third-order valence-corrected chi connectivity index (χ3v) is 3.09. The van der Waals surface area contributed by atoms with Crippen LogP contribution in [0.25, 0.3) is 0 Å². The smallest absolute Gasteiger partial charge is 0.269 e. The predicted octanol–water partition coefficient (Wildman–Crippen LogP) is 2.88. The van der Waals surface area contributed by atoms with Crippen LogP contribution >= 0.6 is 0 Å². The Morgan fingerprint density at radius 3 is 2.14 bits per heavy atom. The fourth-order valence-corrected chi connectivity index (χ4v) is 1.84. The molecule has 0 aliphatic carbocycles. The first-order valence-corrected chi connectivity index (χ1v) is 6.19. The van der Waals surface area contributed by atoms with Crippen LogP contribution in [0, 0.1) is 10.1 Å². The number of ether oxygens (including phenoxy) is 1. The number of nitro groups is 1. The summed E-state index contributed by atoms with van der Waals surface area (Å²) in [7, 11) is 3.21. The quantitative estimate of drug-likeness (QED) is 0.640. The average molecular weight is 286 g/mol. The summed E-state index contributed by atoms with van der Waals surface area (Å²) in [6, 6.07) is 12.6. The van der Waals surface area contributed by atoms with Crippen LogP contribution in [0.5, 0.6) is 5.75 Å². The highest BCUT2D eigenvalue weighted by molar-refractivity contribution is 6.05. The van der Waals surface area contributed by atoms with Gasteiger partial charge in [0.25, 0.3) is 11.6 Å². The van der Waals surface area contributed by atoms with E-state index in [0.29, 0.717) is 17.0 Å². The minimum atomic E-state index is -0.499. The van der Waals surface area contributed by atoms with E-state index in [0.717, 1.165) is 0 Å². The minimum absolute atomic E-state index is 0.0429. The first-order chi connectivity index (χ1) is 10.0. The van der Waals surface area contributed by atoms with Gasteiger partial charge in [-0.1, -0.05) is 0 Å². The maximum absolute atomic E-state index is 12.3. The van der Waals surface area contributed by atoms with Gasteiger partial charge in [-0.2, -0.15) is 0 Å². The fourth-order valence-electron chi connectivity index (χ4n) is 1.84.